The van der Waals surface area contributed by atoms with E-state index in [-0.39, 0.29) is 22.8 Å². The van der Waals surface area contributed by atoms with Crippen LogP contribution in [0.3, 0.4) is 0 Å². The number of nitrogens with zero attached hydrogens (tertiary/aromatic N) is 2. The predicted molar refractivity (Wildman–Crippen MR) is 96.9 cm³/mol. The molecule has 1 unspecified atom stereocenters. The highest BCUT2D eigenvalue weighted by Crippen LogP contribution is 2.26. The summed E-state index contributed by atoms with van der Waals surface area (Å²) in [5.74, 6) is -2.05. The van der Waals surface area contributed by atoms with Gasteiger partial charge < -0.3 is 14.7 Å². The summed E-state index contributed by atoms with van der Waals surface area (Å²) in [5, 5.41) is 9.00. The molecule has 8 nitrogen and oxygen atoms in total. The number of hydrogen-bond donors (Lipinski definition) is 1. The van der Waals surface area contributed by atoms with Crippen molar-refractivity contribution in [1.29, 1.82) is 0 Å². The third-order valence-corrected chi connectivity index (χ3v) is 6.11. The molecule has 1 rings (SSSR count). The second-order valence-electron chi connectivity index (χ2n) is 5.88. The molecule has 0 spiro atoms. The van der Waals surface area contributed by atoms with Gasteiger partial charge in [0, 0.05) is 26.7 Å². The first-order valence-electron chi connectivity index (χ1n) is 8.26. The van der Waals surface area contributed by atoms with E-state index in [1.165, 1.54) is 48.5 Å². The lowest BCUT2D eigenvalue weighted by Crippen LogP contribution is -2.34. The smallest absolute Gasteiger partial charge is 0.308 e. The van der Waals surface area contributed by atoms with Crippen molar-refractivity contribution >= 4 is 21.9 Å². The van der Waals surface area contributed by atoms with Crippen molar-refractivity contribution in [2.45, 2.75) is 25.7 Å². The van der Waals surface area contributed by atoms with Crippen LogP contribution in [-0.4, -0.2) is 68.4 Å². The van der Waals surface area contributed by atoms with Crippen LogP contribution in [0.4, 0.5) is 0 Å². The molecule has 0 aliphatic heterocycles. The van der Waals surface area contributed by atoms with Gasteiger partial charge in [-0.15, -0.1) is 0 Å². The SMILES string of the molecule is CCN(CC)S(=O)(=O)c1ccc(OC)c(C(=O)N(C)CC(C)C(=O)O)c1. The maximum Gasteiger partial charge on any atom is 0.308 e. The summed E-state index contributed by atoms with van der Waals surface area (Å²) >= 11 is 0. The average molecular weight is 386 g/mol. The van der Waals surface area contributed by atoms with Gasteiger partial charge in [-0.2, -0.15) is 4.31 Å². The first-order chi connectivity index (χ1) is 12.1. The topological polar surface area (TPSA) is 104 Å². The maximum absolute atomic E-state index is 12.7. The van der Waals surface area contributed by atoms with Crippen molar-refractivity contribution in [3.8, 4) is 5.75 Å². The van der Waals surface area contributed by atoms with Crippen LogP contribution in [-0.2, 0) is 14.8 Å². The summed E-state index contributed by atoms with van der Waals surface area (Å²) in [7, 11) is -0.887. The number of carboxylic acid groups (broad SMARTS) is 1. The molecule has 1 amide bonds. The lowest BCUT2D eigenvalue weighted by atomic mass is 10.1. The van der Waals surface area contributed by atoms with Gasteiger partial charge in [-0.1, -0.05) is 20.8 Å². The third kappa shape index (κ3) is 4.73. The van der Waals surface area contributed by atoms with Crippen LogP contribution in [0.25, 0.3) is 0 Å². The molecule has 1 aromatic rings. The van der Waals surface area contributed by atoms with E-state index in [1.807, 2.05) is 0 Å². The zero-order valence-electron chi connectivity index (χ0n) is 15.7. The fourth-order valence-electron chi connectivity index (χ4n) is 2.50. The van der Waals surface area contributed by atoms with Gasteiger partial charge in [0.05, 0.1) is 23.5 Å². The Hall–Kier alpha value is -2.13. The molecule has 0 aliphatic rings. The third-order valence-electron chi connectivity index (χ3n) is 4.06. The lowest BCUT2D eigenvalue weighted by Gasteiger charge is -2.22. The van der Waals surface area contributed by atoms with E-state index in [1.54, 1.807) is 13.8 Å². The molecule has 1 N–H and O–H groups in total. The fraction of sp³-hybridized carbons (Fsp3) is 0.529. The summed E-state index contributed by atoms with van der Waals surface area (Å²) in [4.78, 5) is 24.9. The molecule has 146 valence electrons. The molecule has 0 saturated carbocycles. The lowest BCUT2D eigenvalue weighted by molar-refractivity contribution is -0.141. The Bertz CT molecular complexity index is 759. The van der Waals surface area contributed by atoms with Gasteiger partial charge in [0.25, 0.3) is 5.91 Å². The van der Waals surface area contributed by atoms with Crippen LogP contribution in [0.5, 0.6) is 5.75 Å². The normalized spacial score (nSPS) is 12.7. The molecular weight excluding hydrogens is 360 g/mol. The fourth-order valence-corrected chi connectivity index (χ4v) is 3.99. The van der Waals surface area contributed by atoms with E-state index >= 15 is 0 Å². The molecule has 26 heavy (non-hydrogen) atoms. The summed E-state index contributed by atoms with van der Waals surface area (Å²) in [6.45, 7) is 5.57. The molecule has 0 saturated heterocycles. The minimum Gasteiger partial charge on any atom is -0.496 e. The highest BCUT2D eigenvalue weighted by atomic mass is 32.2. The number of methoxy groups -OCH3 is 1. The van der Waals surface area contributed by atoms with Gasteiger partial charge in [0.15, 0.2) is 0 Å². The Morgan fingerprint density at radius 1 is 1.23 bits per heavy atom. The number of ether oxygens (including phenoxy) is 1. The number of sulfonamides is 1. The highest BCUT2D eigenvalue weighted by molar-refractivity contribution is 7.89. The molecule has 1 aromatic carbocycles. The standard InChI is InChI=1S/C17H26N2O6S/c1-6-19(7-2)26(23,24)13-8-9-15(25-5)14(10-13)16(20)18(4)11-12(3)17(21)22/h8-10,12H,6-7,11H2,1-5H3,(H,21,22). The molecule has 9 heteroatoms. The largest absolute Gasteiger partial charge is 0.496 e. The van der Waals surface area contributed by atoms with Gasteiger partial charge in [0.2, 0.25) is 10.0 Å². The van der Waals surface area contributed by atoms with Gasteiger partial charge in [-0.05, 0) is 18.2 Å². The molecule has 0 radical (unpaired) electrons. The minimum absolute atomic E-state index is 0.00923. The quantitative estimate of drug-likeness (QED) is 0.690. The van der Waals surface area contributed by atoms with E-state index in [0.29, 0.717) is 13.1 Å². The first-order valence-corrected chi connectivity index (χ1v) is 9.70. The second kappa shape index (κ2) is 9.00. The summed E-state index contributed by atoms with van der Waals surface area (Å²) in [5.41, 5.74) is 0.0702. The molecular formula is C17H26N2O6S. The van der Waals surface area contributed by atoms with Crippen LogP contribution < -0.4 is 4.74 Å². The summed E-state index contributed by atoms with van der Waals surface area (Å²) in [6, 6.07) is 4.10. The number of aliphatic carboxylic acids is 1. The number of carboxylic acids is 1. The van der Waals surface area contributed by atoms with Crippen LogP contribution in [0.2, 0.25) is 0 Å². The number of hydrogen-bond acceptors (Lipinski definition) is 5. The van der Waals surface area contributed by atoms with Crippen molar-refractivity contribution < 1.29 is 27.9 Å². The van der Waals surface area contributed by atoms with Crippen LogP contribution >= 0.6 is 0 Å². The first kappa shape index (κ1) is 21.9. The Morgan fingerprint density at radius 3 is 2.27 bits per heavy atom. The Balaban J connectivity index is 3.30. The second-order valence-corrected chi connectivity index (χ2v) is 7.81. The van der Waals surface area contributed by atoms with E-state index < -0.39 is 27.8 Å². The molecule has 1 atom stereocenters. The van der Waals surface area contributed by atoms with Crippen molar-refractivity contribution in [1.82, 2.24) is 9.21 Å². The number of rotatable bonds is 9. The molecule has 0 aromatic heterocycles. The van der Waals surface area contributed by atoms with Crippen LogP contribution in [0.1, 0.15) is 31.1 Å². The number of carbonyl (C=O) groups excluding carboxylic acids is 1. The van der Waals surface area contributed by atoms with Crippen molar-refractivity contribution in [3.05, 3.63) is 23.8 Å². The molecule has 0 heterocycles. The Morgan fingerprint density at radius 2 is 1.81 bits per heavy atom. The van der Waals surface area contributed by atoms with Crippen molar-refractivity contribution in [2.24, 2.45) is 5.92 Å². The number of amides is 1. The molecule has 0 fully saturated rings. The maximum atomic E-state index is 12.7. The number of carbonyl (C=O) groups is 2. The van der Waals surface area contributed by atoms with E-state index in [4.69, 9.17) is 9.84 Å². The summed E-state index contributed by atoms with van der Waals surface area (Å²) < 4.78 is 31.8. The van der Waals surface area contributed by atoms with Gasteiger partial charge in [0.1, 0.15) is 5.75 Å². The zero-order chi connectivity index (χ0) is 20.1. The Labute approximate surface area is 154 Å². The van der Waals surface area contributed by atoms with E-state index in [0.717, 1.165) is 0 Å². The minimum atomic E-state index is -3.73. The Kier molecular flexibility index (Phi) is 7.58. The molecule has 0 bridgehead atoms. The van der Waals surface area contributed by atoms with Crippen LogP contribution in [0.15, 0.2) is 23.1 Å². The van der Waals surface area contributed by atoms with Crippen molar-refractivity contribution in [3.63, 3.8) is 0 Å². The van der Waals surface area contributed by atoms with Crippen LogP contribution in [0, 0.1) is 5.92 Å². The zero-order valence-corrected chi connectivity index (χ0v) is 16.5. The number of benzene rings is 1. The van der Waals surface area contributed by atoms with Gasteiger partial charge >= 0.3 is 5.97 Å². The van der Waals surface area contributed by atoms with Crippen molar-refractivity contribution in [2.75, 3.05) is 33.8 Å². The monoisotopic (exact) mass is 386 g/mol. The van der Waals surface area contributed by atoms with Gasteiger partial charge in [-0.25, -0.2) is 8.42 Å². The highest BCUT2D eigenvalue weighted by Gasteiger charge is 2.26. The predicted octanol–water partition coefficient (Wildman–Crippen LogP) is 1.52. The van der Waals surface area contributed by atoms with Gasteiger partial charge in [-0.3, -0.25) is 9.59 Å². The average Bonchev–Trinajstić information content (AvgIpc) is 2.60. The molecule has 0 aliphatic carbocycles. The van der Waals surface area contributed by atoms with E-state index in [9.17, 15) is 18.0 Å². The summed E-state index contributed by atoms with van der Waals surface area (Å²) in [6.07, 6.45) is 0. The van der Waals surface area contributed by atoms with E-state index in [2.05, 4.69) is 0 Å².